The van der Waals surface area contributed by atoms with Crippen molar-refractivity contribution in [3.63, 3.8) is 0 Å². The molecule has 0 aliphatic heterocycles. The summed E-state index contributed by atoms with van der Waals surface area (Å²) >= 11 is 4.10. The highest BCUT2D eigenvalue weighted by Crippen LogP contribution is 2.13. The number of H-pyrrole nitrogens is 1. The number of aromatic nitrogens is 2. The maximum Gasteiger partial charge on any atom is 0.290 e. The van der Waals surface area contributed by atoms with Gasteiger partial charge in [-0.05, 0) is 28.1 Å². The lowest BCUT2D eigenvalue weighted by atomic mass is 10.4. The van der Waals surface area contributed by atoms with E-state index in [0.717, 1.165) is 11.3 Å². The van der Waals surface area contributed by atoms with Crippen LogP contribution in [-0.2, 0) is 0 Å². The first-order valence-electron chi connectivity index (χ1n) is 4.44. The Kier molecular flexibility index (Phi) is 3.64. The Morgan fingerprint density at radius 2 is 2.47 bits per heavy atom. The van der Waals surface area contributed by atoms with Crippen molar-refractivity contribution in [3.05, 3.63) is 38.5 Å². The smallest absolute Gasteiger partial charge is 0.272 e. The number of hydrogen-bond donors (Lipinski definition) is 2. The van der Waals surface area contributed by atoms with Crippen molar-refractivity contribution in [3.8, 4) is 0 Å². The van der Waals surface area contributed by atoms with Gasteiger partial charge in [0.25, 0.3) is 5.91 Å². The average Bonchev–Trinajstić information content (AvgIpc) is 2.87. The van der Waals surface area contributed by atoms with E-state index in [4.69, 9.17) is 0 Å². The standard InChI is InChI=1S/C9H6BrFN4OS/c10-6-4-13-14-8(6)9(16)15-12-3-5-1-2-7(11)17-5/h1-4H,(H,13,14)(H,15,16)/b12-3+. The van der Waals surface area contributed by atoms with Crippen LogP contribution in [0.5, 0.6) is 0 Å². The third-order valence-electron chi connectivity index (χ3n) is 1.77. The molecule has 0 saturated carbocycles. The molecule has 5 nitrogen and oxygen atoms in total. The van der Waals surface area contributed by atoms with Crippen LogP contribution in [0.1, 0.15) is 15.4 Å². The van der Waals surface area contributed by atoms with Crippen LogP contribution in [0.25, 0.3) is 0 Å². The van der Waals surface area contributed by atoms with Gasteiger partial charge in [0.15, 0.2) is 5.13 Å². The molecule has 0 aliphatic carbocycles. The van der Waals surface area contributed by atoms with Gasteiger partial charge >= 0.3 is 0 Å². The monoisotopic (exact) mass is 316 g/mol. The first-order valence-corrected chi connectivity index (χ1v) is 6.05. The predicted molar refractivity (Wildman–Crippen MR) is 65.6 cm³/mol. The molecule has 2 rings (SSSR count). The average molecular weight is 317 g/mol. The van der Waals surface area contributed by atoms with E-state index < -0.39 is 5.91 Å². The topological polar surface area (TPSA) is 70.1 Å². The van der Waals surface area contributed by atoms with Gasteiger partial charge in [-0.1, -0.05) is 0 Å². The molecule has 2 heterocycles. The molecule has 1 amide bonds. The lowest BCUT2D eigenvalue weighted by molar-refractivity contribution is 0.0949. The Hall–Kier alpha value is -1.54. The van der Waals surface area contributed by atoms with Crippen molar-refractivity contribution in [2.24, 2.45) is 5.10 Å². The Labute approximate surface area is 108 Å². The quantitative estimate of drug-likeness (QED) is 0.672. The Morgan fingerprint density at radius 1 is 1.65 bits per heavy atom. The second-order valence-electron chi connectivity index (χ2n) is 2.93. The summed E-state index contributed by atoms with van der Waals surface area (Å²) in [5.41, 5.74) is 2.57. The van der Waals surface area contributed by atoms with Crippen LogP contribution in [0.4, 0.5) is 4.39 Å². The molecule has 0 unspecified atom stereocenters. The summed E-state index contributed by atoms with van der Waals surface area (Å²) in [5, 5.41) is 9.60. The van der Waals surface area contributed by atoms with Gasteiger partial charge in [-0.15, -0.1) is 11.3 Å². The summed E-state index contributed by atoms with van der Waals surface area (Å²) in [5.74, 6) is -0.428. The van der Waals surface area contributed by atoms with Crippen molar-refractivity contribution < 1.29 is 9.18 Å². The number of carbonyl (C=O) groups is 1. The molecule has 8 heteroatoms. The molecule has 0 spiro atoms. The molecule has 0 radical (unpaired) electrons. The fraction of sp³-hybridized carbons (Fsp3) is 0. The lowest BCUT2D eigenvalue weighted by Crippen LogP contribution is -2.18. The molecular weight excluding hydrogens is 311 g/mol. The second-order valence-corrected chi connectivity index (χ2v) is 4.85. The number of nitrogens with zero attached hydrogens (tertiary/aromatic N) is 2. The van der Waals surface area contributed by atoms with Gasteiger partial charge in [0.05, 0.1) is 21.8 Å². The fourth-order valence-electron chi connectivity index (χ4n) is 1.04. The maximum absolute atomic E-state index is 12.6. The Morgan fingerprint density at radius 3 is 3.06 bits per heavy atom. The van der Waals surface area contributed by atoms with Gasteiger partial charge in [-0.25, -0.2) is 5.43 Å². The van der Waals surface area contributed by atoms with E-state index in [1.807, 2.05) is 0 Å². The number of rotatable bonds is 3. The normalized spacial score (nSPS) is 10.9. The van der Waals surface area contributed by atoms with E-state index in [-0.39, 0.29) is 10.8 Å². The minimum absolute atomic E-state index is 0.277. The number of aromatic amines is 1. The molecular formula is C9H6BrFN4OS. The molecule has 17 heavy (non-hydrogen) atoms. The predicted octanol–water partition coefficient (Wildman–Crippen LogP) is 2.14. The van der Waals surface area contributed by atoms with Crippen molar-refractivity contribution in [2.75, 3.05) is 0 Å². The summed E-state index contributed by atoms with van der Waals surface area (Å²) in [6.45, 7) is 0. The third kappa shape index (κ3) is 2.98. The lowest BCUT2D eigenvalue weighted by Gasteiger charge is -1.95. The van der Waals surface area contributed by atoms with E-state index in [1.165, 1.54) is 18.5 Å². The van der Waals surface area contributed by atoms with Crippen LogP contribution >= 0.6 is 27.3 Å². The summed E-state index contributed by atoms with van der Waals surface area (Å²) in [4.78, 5) is 12.1. The van der Waals surface area contributed by atoms with Crippen LogP contribution < -0.4 is 5.43 Å². The number of amides is 1. The molecule has 2 aromatic heterocycles. The van der Waals surface area contributed by atoms with E-state index in [1.54, 1.807) is 6.07 Å². The van der Waals surface area contributed by atoms with Crippen molar-refractivity contribution in [1.29, 1.82) is 0 Å². The number of hydrogen-bond acceptors (Lipinski definition) is 4. The number of nitrogens with one attached hydrogen (secondary N) is 2. The number of halogens is 2. The highest BCUT2D eigenvalue weighted by molar-refractivity contribution is 9.10. The van der Waals surface area contributed by atoms with Gasteiger partial charge < -0.3 is 0 Å². The molecule has 88 valence electrons. The highest BCUT2D eigenvalue weighted by atomic mass is 79.9. The van der Waals surface area contributed by atoms with Gasteiger partial charge in [-0.2, -0.15) is 14.6 Å². The fourth-order valence-corrected chi connectivity index (χ4v) is 2.01. The highest BCUT2D eigenvalue weighted by Gasteiger charge is 2.10. The first-order chi connectivity index (χ1) is 8.16. The van der Waals surface area contributed by atoms with Crippen molar-refractivity contribution >= 4 is 39.4 Å². The minimum Gasteiger partial charge on any atom is -0.272 e. The van der Waals surface area contributed by atoms with Crippen molar-refractivity contribution in [1.82, 2.24) is 15.6 Å². The number of carbonyl (C=O) groups excluding carboxylic acids is 1. The third-order valence-corrected chi connectivity index (χ3v) is 3.18. The molecule has 0 bridgehead atoms. The van der Waals surface area contributed by atoms with Gasteiger partial charge in [0, 0.05) is 0 Å². The van der Waals surface area contributed by atoms with Crippen LogP contribution in [0.15, 0.2) is 27.9 Å². The van der Waals surface area contributed by atoms with Crippen LogP contribution in [0.2, 0.25) is 0 Å². The first kappa shape index (κ1) is 11.9. The molecule has 0 saturated heterocycles. The van der Waals surface area contributed by atoms with Gasteiger partial charge in [0.1, 0.15) is 5.69 Å². The van der Waals surface area contributed by atoms with Crippen LogP contribution in [0.3, 0.4) is 0 Å². The van der Waals surface area contributed by atoms with Crippen LogP contribution in [0, 0.1) is 5.13 Å². The van der Waals surface area contributed by atoms with Crippen LogP contribution in [-0.4, -0.2) is 22.3 Å². The molecule has 2 N–H and O–H groups in total. The zero-order valence-corrected chi connectivity index (χ0v) is 10.7. The molecule has 2 aromatic rings. The zero-order valence-electron chi connectivity index (χ0n) is 8.28. The summed E-state index contributed by atoms with van der Waals surface area (Å²) in [6, 6.07) is 2.90. The van der Waals surface area contributed by atoms with Gasteiger partial charge in [0.2, 0.25) is 0 Å². The van der Waals surface area contributed by atoms with E-state index in [9.17, 15) is 9.18 Å². The summed E-state index contributed by atoms with van der Waals surface area (Å²) in [7, 11) is 0. The number of thiophene rings is 1. The maximum atomic E-state index is 12.6. The van der Waals surface area contributed by atoms with E-state index in [2.05, 4.69) is 36.7 Å². The minimum atomic E-state index is -0.428. The molecule has 0 aliphatic rings. The summed E-state index contributed by atoms with van der Waals surface area (Å²) in [6.07, 6.45) is 2.84. The molecule has 0 atom stereocenters. The largest absolute Gasteiger partial charge is 0.290 e. The van der Waals surface area contributed by atoms with Crippen molar-refractivity contribution in [2.45, 2.75) is 0 Å². The zero-order chi connectivity index (χ0) is 12.3. The SMILES string of the molecule is O=C(N/N=C/c1ccc(F)s1)c1[nH]ncc1Br. The molecule has 0 aromatic carbocycles. The van der Waals surface area contributed by atoms with E-state index >= 15 is 0 Å². The second kappa shape index (κ2) is 5.19. The molecule has 0 fully saturated rings. The van der Waals surface area contributed by atoms with E-state index in [0.29, 0.717) is 9.35 Å². The Bertz CT molecular complexity index is 565. The number of hydrazone groups is 1. The Balaban J connectivity index is 1.97. The van der Waals surface area contributed by atoms with Gasteiger partial charge in [-0.3, -0.25) is 9.89 Å². The summed E-state index contributed by atoms with van der Waals surface area (Å²) < 4.78 is 13.2.